The Bertz CT molecular complexity index is 1030. The van der Waals surface area contributed by atoms with Crippen LogP contribution in [0.3, 0.4) is 0 Å². The molecule has 0 aromatic heterocycles. The van der Waals surface area contributed by atoms with Crippen LogP contribution in [-0.2, 0) is 9.84 Å². The molecular weight excluding hydrogens is 341 g/mol. The standard InChI is InChI=1S/C19H16FNO3S/c1-19(2)16(11-21)18(12-4-6-13(20)7-5-12)15-9-8-14(25(3,22)23)10-17(15)24-19/h4-10H,1-3H3. The SMILES string of the molecule is CC1(C)Oc2cc(S(C)(=O)=O)ccc2C(c2ccc(F)cc2)=C1C#N. The molecule has 0 amide bonds. The van der Waals surface area contributed by atoms with Gasteiger partial charge in [-0.3, -0.25) is 0 Å². The number of halogens is 1. The van der Waals surface area contributed by atoms with Crippen LogP contribution < -0.4 is 4.74 Å². The van der Waals surface area contributed by atoms with E-state index in [1.807, 2.05) is 0 Å². The van der Waals surface area contributed by atoms with E-state index in [4.69, 9.17) is 4.74 Å². The molecule has 2 aromatic rings. The number of rotatable bonds is 2. The molecule has 1 aliphatic heterocycles. The van der Waals surface area contributed by atoms with Gasteiger partial charge in [0.25, 0.3) is 0 Å². The van der Waals surface area contributed by atoms with Gasteiger partial charge < -0.3 is 4.74 Å². The molecule has 25 heavy (non-hydrogen) atoms. The number of hydrogen-bond donors (Lipinski definition) is 0. The van der Waals surface area contributed by atoms with Gasteiger partial charge in [0.15, 0.2) is 9.84 Å². The largest absolute Gasteiger partial charge is 0.482 e. The number of nitriles is 1. The summed E-state index contributed by atoms with van der Waals surface area (Å²) in [6, 6.07) is 12.6. The Kier molecular flexibility index (Phi) is 3.92. The summed E-state index contributed by atoms with van der Waals surface area (Å²) in [5.41, 5.74) is 1.35. The molecule has 3 rings (SSSR count). The molecule has 0 radical (unpaired) electrons. The minimum absolute atomic E-state index is 0.140. The lowest BCUT2D eigenvalue weighted by molar-refractivity contribution is 0.149. The van der Waals surface area contributed by atoms with Crippen molar-refractivity contribution in [3.8, 4) is 11.8 Å². The lowest BCUT2D eigenvalue weighted by Crippen LogP contribution is -2.34. The van der Waals surface area contributed by atoms with E-state index in [1.54, 1.807) is 32.0 Å². The minimum Gasteiger partial charge on any atom is -0.482 e. The van der Waals surface area contributed by atoms with Crippen molar-refractivity contribution in [1.29, 1.82) is 5.26 Å². The lowest BCUT2D eigenvalue weighted by atomic mass is 9.83. The van der Waals surface area contributed by atoms with Crippen LogP contribution in [-0.4, -0.2) is 20.3 Å². The summed E-state index contributed by atoms with van der Waals surface area (Å²) in [6.45, 7) is 3.48. The fraction of sp³-hybridized carbons (Fsp3) is 0.211. The number of hydrogen-bond acceptors (Lipinski definition) is 4. The molecule has 6 heteroatoms. The summed E-state index contributed by atoms with van der Waals surface area (Å²) in [5.74, 6) is 0.00748. The molecular formula is C19H16FNO3S. The Morgan fingerprint density at radius 2 is 1.76 bits per heavy atom. The first kappa shape index (κ1) is 17.2. The van der Waals surface area contributed by atoms with Crippen molar-refractivity contribution < 1.29 is 17.5 Å². The van der Waals surface area contributed by atoms with Crippen LogP contribution in [0, 0.1) is 17.1 Å². The monoisotopic (exact) mass is 357 g/mol. The van der Waals surface area contributed by atoms with Gasteiger partial charge in [0.2, 0.25) is 0 Å². The van der Waals surface area contributed by atoms with E-state index >= 15 is 0 Å². The van der Waals surface area contributed by atoms with E-state index in [0.29, 0.717) is 28.0 Å². The molecule has 1 aliphatic rings. The Morgan fingerprint density at radius 3 is 2.32 bits per heavy atom. The first-order valence-corrected chi connectivity index (χ1v) is 9.47. The van der Waals surface area contributed by atoms with Gasteiger partial charge in [-0.25, -0.2) is 12.8 Å². The minimum atomic E-state index is -3.39. The van der Waals surface area contributed by atoms with E-state index in [-0.39, 0.29) is 10.7 Å². The zero-order chi connectivity index (χ0) is 18.4. The van der Waals surface area contributed by atoms with Gasteiger partial charge in [-0.2, -0.15) is 5.26 Å². The number of sulfone groups is 1. The molecule has 0 unspecified atom stereocenters. The van der Waals surface area contributed by atoms with Crippen LogP contribution >= 0.6 is 0 Å². The van der Waals surface area contributed by atoms with Crippen molar-refractivity contribution >= 4 is 15.4 Å². The van der Waals surface area contributed by atoms with Gasteiger partial charge in [-0.05, 0) is 49.7 Å². The molecule has 0 aliphatic carbocycles. The third kappa shape index (κ3) is 3.03. The van der Waals surface area contributed by atoms with E-state index in [0.717, 1.165) is 6.26 Å². The van der Waals surface area contributed by atoms with Gasteiger partial charge in [0.05, 0.1) is 16.5 Å². The fourth-order valence-corrected chi connectivity index (χ4v) is 3.53. The molecule has 0 spiro atoms. The van der Waals surface area contributed by atoms with Crippen LogP contribution in [0.25, 0.3) is 5.57 Å². The van der Waals surface area contributed by atoms with Crippen molar-refractivity contribution in [2.75, 3.05) is 6.26 Å². The van der Waals surface area contributed by atoms with Gasteiger partial charge in [-0.15, -0.1) is 0 Å². The summed E-state index contributed by atoms with van der Waals surface area (Å²) >= 11 is 0. The smallest absolute Gasteiger partial charge is 0.175 e. The highest BCUT2D eigenvalue weighted by molar-refractivity contribution is 7.90. The number of ether oxygens (including phenoxy) is 1. The maximum Gasteiger partial charge on any atom is 0.175 e. The molecule has 0 fully saturated rings. The zero-order valence-corrected chi connectivity index (χ0v) is 14.8. The Labute approximate surface area is 146 Å². The third-order valence-electron chi connectivity index (χ3n) is 4.11. The summed E-state index contributed by atoms with van der Waals surface area (Å²) < 4.78 is 42.9. The molecule has 2 aromatic carbocycles. The summed E-state index contributed by atoms with van der Waals surface area (Å²) in [7, 11) is -3.39. The molecule has 0 atom stereocenters. The second-order valence-electron chi connectivity index (χ2n) is 6.41. The second-order valence-corrected chi connectivity index (χ2v) is 8.43. The lowest BCUT2D eigenvalue weighted by Gasteiger charge is -2.34. The zero-order valence-electron chi connectivity index (χ0n) is 14.0. The first-order chi connectivity index (χ1) is 11.6. The maximum absolute atomic E-state index is 13.3. The highest BCUT2D eigenvalue weighted by Gasteiger charge is 2.36. The Hall–Kier alpha value is -2.65. The van der Waals surface area contributed by atoms with E-state index in [1.165, 1.54) is 24.3 Å². The van der Waals surface area contributed by atoms with Crippen LogP contribution in [0.4, 0.5) is 4.39 Å². The highest BCUT2D eigenvalue weighted by atomic mass is 32.2. The van der Waals surface area contributed by atoms with E-state index in [2.05, 4.69) is 6.07 Å². The molecule has 0 saturated carbocycles. The fourth-order valence-electron chi connectivity index (χ4n) is 2.89. The topological polar surface area (TPSA) is 67.2 Å². The molecule has 1 heterocycles. The average Bonchev–Trinajstić information content (AvgIpc) is 2.52. The van der Waals surface area contributed by atoms with Gasteiger partial charge in [-0.1, -0.05) is 12.1 Å². The molecule has 0 saturated heterocycles. The first-order valence-electron chi connectivity index (χ1n) is 7.58. The maximum atomic E-state index is 13.3. The Balaban J connectivity index is 2.32. The summed E-state index contributed by atoms with van der Waals surface area (Å²) in [6.07, 6.45) is 1.13. The molecule has 128 valence electrons. The number of benzene rings is 2. The highest BCUT2D eigenvalue weighted by Crippen LogP contribution is 2.44. The van der Waals surface area contributed by atoms with Crippen molar-refractivity contribution in [2.45, 2.75) is 24.3 Å². The van der Waals surface area contributed by atoms with Crippen molar-refractivity contribution in [2.24, 2.45) is 0 Å². The average molecular weight is 357 g/mol. The quantitative estimate of drug-likeness (QED) is 0.821. The van der Waals surface area contributed by atoms with Gasteiger partial charge in [0, 0.05) is 17.4 Å². The molecule has 4 nitrogen and oxygen atoms in total. The van der Waals surface area contributed by atoms with Crippen molar-refractivity contribution in [1.82, 2.24) is 0 Å². The predicted octanol–water partition coefficient (Wildman–Crippen LogP) is 3.73. The predicted molar refractivity (Wildman–Crippen MR) is 92.3 cm³/mol. The molecule has 0 N–H and O–H groups in total. The van der Waals surface area contributed by atoms with Crippen LogP contribution in [0.5, 0.6) is 5.75 Å². The number of nitrogens with zero attached hydrogens (tertiary/aromatic N) is 1. The van der Waals surface area contributed by atoms with Gasteiger partial charge >= 0.3 is 0 Å². The van der Waals surface area contributed by atoms with Crippen LogP contribution in [0.2, 0.25) is 0 Å². The molecule has 0 bridgehead atoms. The number of fused-ring (bicyclic) bond motifs is 1. The Morgan fingerprint density at radius 1 is 1.12 bits per heavy atom. The van der Waals surface area contributed by atoms with Crippen LogP contribution in [0.15, 0.2) is 52.9 Å². The van der Waals surface area contributed by atoms with Crippen molar-refractivity contribution in [3.63, 3.8) is 0 Å². The van der Waals surface area contributed by atoms with Crippen LogP contribution in [0.1, 0.15) is 25.0 Å². The summed E-state index contributed by atoms with van der Waals surface area (Å²) in [5, 5.41) is 9.66. The second kappa shape index (κ2) is 5.71. The normalized spacial score (nSPS) is 16.0. The van der Waals surface area contributed by atoms with E-state index in [9.17, 15) is 18.1 Å². The van der Waals surface area contributed by atoms with Gasteiger partial charge in [0.1, 0.15) is 17.2 Å². The van der Waals surface area contributed by atoms with Crippen molar-refractivity contribution in [3.05, 3.63) is 65.0 Å². The third-order valence-corrected chi connectivity index (χ3v) is 5.22. The van der Waals surface area contributed by atoms with E-state index < -0.39 is 15.4 Å². The summed E-state index contributed by atoms with van der Waals surface area (Å²) in [4.78, 5) is 0.140.